The normalized spacial score (nSPS) is 11.0. The largest absolute Gasteiger partial charge is 0.496 e. The van der Waals surface area contributed by atoms with E-state index in [0.717, 1.165) is 4.68 Å². The van der Waals surface area contributed by atoms with Crippen LogP contribution in [0.3, 0.4) is 0 Å². The lowest BCUT2D eigenvalue weighted by molar-refractivity contribution is -0.385. The van der Waals surface area contributed by atoms with Crippen molar-refractivity contribution in [2.24, 2.45) is 5.10 Å². The zero-order valence-electron chi connectivity index (χ0n) is 22.3. The number of ether oxygens (including phenoxy) is 2. The van der Waals surface area contributed by atoms with Crippen molar-refractivity contribution in [3.05, 3.63) is 99.2 Å². The summed E-state index contributed by atoms with van der Waals surface area (Å²) in [5, 5.41) is 30.6. The molecular weight excluding hydrogens is 546 g/mol. The molecule has 15 nitrogen and oxygen atoms in total. The summed E-state index contributed by atoms with van der Waals surface area (Å²) in [5.41, 5.74) is 11.0. The number of nitro benzene ring substituents is 1. The molecule has 212 valence electrons. The van der Waals surface area contributed by atoms with E-state index in [1.807, 2.05) is 6.07 Å². The van der Waals surface area contributed by atoms with Crippen LogP contribution in [0.4, 0.5) is 11.5 Å². The minimum atomic E-state index is -0.636. The number of amides is 1. The monoisotopic (exact) mass is 569 g/mol. The van der Waals surface area contributed by atoms with Gasteiger partial charge >= 0.3 is 0 Å². The number of hydrogen-bond donors (Lipinski definition) is 2. The van der Waals surface area contributed by atoms with Gasteiger partial charge in [0.15, 0.2) is 5.69 Å². The molecule has 0 unspecified atom stereocenters. The van der Waals surface area contributed by atoms with Crippen LogP contribution in [0.15, 0.2) is 76.5 Å². The maximum Gasteiger partial charge on any atom is 0.292 e. The Morgan fingerprint density at radius 3 is 2.67 bits per heavy atom. The van der Waals surface area contributed by atoms with Crippen LogP contribution in [-0.4, -0.2) is 49.5 Å². The average molecular weight is 570 g/mol. The van der Waals surface area contributed by atoms with Gasteiger partial charge < -0.3 is 15.2 Å². The van der Waals surface area contributed by atoms with Crippen molar-refractivity contribution in [2.45, 2.75) is 13.5 Å². The lowest BCUT2D eigenvalue weighted by Gasteiger charge is -2.11. The summed E-state index contributed by atoms with van der Waals surface area (Å²) in [5.74, 6) is 0.323. The Hall–Kier alpha value is -6.12. The second-order valence-corrected chi connectivity index (χ2v) is 8.80. The lowest BCUT2D eigenvalue weighted by atomic mass is 10.1. The number of anilines is 1. The first kappa shape index (κ1) is 27.4. The van der Waals surface area contributed by atoms with Gasteiger partial charge in [-0.2, -0.15) is 9.78 Å². The Balaban J connectivity index is 1.35. The maximum absolute atomic E-state index is 13.3. The average Bonchev–Trinajstić information content (AvgIpc) is 3.62. The number of nitrogen functional groups attached to an aromatic ring is 1. The SMILES string of the molecule is COc1ccc(/C=N/NC(=O)c2c(-c3ccccc3)nnn2-c2nonc2N)cc1COc1ccc([N+](=O)[O-])c(C)c1. The quantitative estimate of drug-likeness (QED) is 0.142. The smallest absolute Gasteiger partial charge is 0.292 e. The van der Waals surface area contributed by atoms with E-state index in [4.69, 9.17) is 15.2 Å². The van der Waals surface area contributed by atoms with E-state index in [1.54, 1.807) is 55.5 Å². The van der Waals surface area contributed by atoms with Crippen molar-refractivity contribution in [1.29, 1.82) is 0 Å². The predicted octanol–water partition coefficient (Wildman–Crippen LogP) is 3.47. The molecule has 3 aromatic carbocycles. The van der Waals surface area contributed by atoms with Gasteiger partial charge in [0.25, 0.3) is 11.6 Å². The van der Waals surface area contributed by atoms with Gasteiger partial charge in [-0.25, -0.2) is 10.1 Å². The Morgan fingerprint density at radius 1 is 1.17 bits per heavy atom. The number of aromatic nitrogens is 5. The zero-order chi connectivity index (χ0) is 29.6. The fraction of sp³-hybridized carbons (Fsp3) is 0.111. The van der Waals surface area contributed by atoms with E-state index in [0.29, 0.717) is 33.8 Å². The van der Waals surface area contributed by atoms with Gasteiger partial charge in [0.2, 0.25) is 11.6 Å². The van der Waals surface area contributed by atoms with E-state index in [2.05, 4.69) is 35.8 Å². The minimum Gasteiger partial charge on any atom is -0.496 e. The molecule has 0 saturated heterocycles. The third-order valence-corrected chi connectivity index (χ3v) is 6.07. The standard InChI is InChI=1S/C27H23N9O6/c1-16-12-20(9-10-21(16)36(38)39)41-15-19-13-17(8-11-22(19)40-2)14-29-31-27(37)24-23(18-6-4-3-5-7-18)30-34-35(24)26-25(28)32-42-33-26/h3-14H,15H2,1-2H3,(H2,28,32)(H,31,37)/b29-14+. The molecule has 2 heterocycles. The Labute approximate surface area is 237 Å². The van der Waals surface area contributed by atoms with Crippen LogP contribution in [-0.2, 0) is 6.61 Å². The Morgan fingerprint density at radius 2 is 1.98 bits per heavy atom. The number of benzene rings is 3. The Kier molecular flexibility index (Phi) is 7.81. The third-order valence-electron chi connectivity index (χ3n) is 6.07. The zero-order valence-corrected chi connectivity index (χ0v) is 22.3. The molecule has 0 spiro atoms. The lowest BCUT2D eigenvalue weighted by Crippen LogP contribution is -2.22. The molecule has 0 bridgehead atoms. The predicted molar refractivity (Wildman–Crippen MR) is 149 cm³/mol. The summed E-state index contributed by atoms with van der Waals surface area (Å²) in [6, 6.07) is 18.8. The van der Waals surface area contributed by atoms with Crippen LogP contribution >= 0.6 is 0 Å². The van der Waals surface area contributed by atoms with Gasteiger partial charge in [-0.15, -0.1) is 5.10 Å². The van der Waals surface area contributed by atoms with Gasteiger partial charge in [-0.05, 0) is 53.1 Å². The van der Waals surface area contributed by atoms with E-state index >= 15 is 0 Å². The van der Waals surface area contributed by atoms with Crippen molar-refractivity contribution in [3.8, 4) is 28.6 Å². The van der Waals surface area contributed by atoms with Crippen LogP contribution in [0.1, 0.15) is 27.2 Å². The van der Waals surface area contributed by atoms with Gasteiger partial charge in [0.05, 0.1) is 18.2 Å². The number of nitrogens with one attached hydrogen (secondary N) is 1. The first-order chi connectivity index (χ1) is 20.4. The summed E-state index contributed by atoms with van der Waals surface area (Å²) in [6.07, 6.45) is 1.44. The number of nitrogens with two attached hydrogens (primary N) is 1. The summed E-state index contributed by atoms with van der Waals surface area (Å²) < 4.78 is 17.1. The number of rotatable bonds is 10. The summed E-state index contributed by atoms with van der Waals surface area (Å²) in [4.78, 5) is 23.9. The molecule has 15 heteroatoms. The number of hydrazone groups is 1. The van der Waals surface area contributed by atoms with Crippen LogP contribution in [0, 0.1) is 17.0 Å². The van der Waals surface area contributed by atoms with Crippen LogP contribution in [0.5, 0.6) is 11.5 Å². The highest BCUT2D eigenvalue weighted by molar-refractivity contribution is 5.99. The molecule has 0 aliphatic heterocycles. The highest BCUT2D eigenvalue weighted by Crippen LogP contribution is 2.27. The van der Waals surface area contributed by atoms with Gasteiger partial charge in [0, 0.05) is 22.8 Å². The number of nitrogens with zero attached hydrogens (tertiary/aromatic N) is 7. The fourth-order valence-corrected chi connectivity index (χ4v) is 4.06. The highest BCUT2D eigenvalue weighted by Gasteiger charge is 2.25. The summed E-state index contributed by atoms with van der Waals surface area (Å²) in [7, 11) is 1.53. The molecule has 0 fully saturated rings. The number of methoxy groups -OCH3 is 1. The number of nitro groups is 1. The maximum atomic E-state index is 13.3. The van der Waals surface area contributed by atoms with E-state index < -0.39 is 10.8 Å². The van der Waals surface area contributed by atoms with Crippen molar-refractivity contribution >= 4 is 23.6 Å². The molecule has 2 aromatic heterocycles. The molecule has 0 radical (unpaired) electrons. The molecule has 1 amide bonds. The first-order valence-electron chi connectivity index (χ1n) is 12.3. The van der Waals surface area contributed by atoms with E-state index in [9.17, 15) is 14.9 Å². The molecule has 0 aliphatic carbocycles. The number of hydrogen-bond acceptors (Lipinski definition) is 12. The third kappa shape index (κ3) is 5.74. The molecule has 0 aliphatic rings. The first-order valence-corrected chi connectivity index (χ1v) is 12.3. The Bertz CT molecular complexity index is 1780. The van der Waals surface area contributed by atoms with Crippen LogP contribution < -0.4 is 20.6 Å². The molecule has 42 heavy (non-hydrogen) atoms. The van der Waals surface area contributed by atoms with Gasteiger partial charge in [-0.1, -0.05) is 35.5 Å². The molecule has 0 atom stereocenters. The number of aryl methyl sites for hydroxylation is 1. The second-order valence-electron chi connectivity index (χ2n) is 8.80. The van der Waals surface area contributed by atoms with Crippen LogP contribution in [0.2, 0.25) is 0 Å². The number of carbonyl (C=O) groups excluding carboxylic acids is 1. The summed E-state index contributed by atoms with van der Waals surface area (Å²) in [6.45, 7) is 1.76. The topological polar surface area (TPSA) is 199 Å². The van der Waals surface area contributed by atoms with Crippen molar-refractivity contribution < 1.29 is 23.8 Å². The second kappa shape index (κ2) is 12.0. The van der Waals surface area contributed by atoms with Gasteiger partial charge in [0.1, 0.15) is 23.8 Å². The van der Waals surface area contributed by atoms with Gasteiger partial charge in [-0.3, -0.25) is 14.9 Å². The van der Waals surface area contributed by atoms with E-state index in [-0.39, 0.29) is 35.3 Å². The summed E-state index contributed by atoms with van der Waals surface area (Å²) >= 11 is 0. The van der Waals surface area contributed by atoms with E-state index in [1.165, 1.54) is 25.5 Å². The molecule has 5 aromatic rings. The number of carbonyl (C=O) groups is 1. The fourth-order valence-electron chi connectivity index (χ4n) is 4.06. The van der Waals surface area contributed by atoms with Crippen molar-refractivity contribution in [1.82, 2.24) is 30.7 Å². The highest BCUT2D eigenvalue weighted by atomic mass is 16.6. The van der Waals surface area contributed by atoms with Crippen molar-refractivity contribution in [2.75, 3.05) is 12.8 Å². The molecular formula is C27H23N9O6. The van der Waals surface area contributed by atoms with Crippen LogP contribution in [0.25, 0.3) is 17.1 Å². The molecule has 3 N–H and O–H groups in total. The molecule has 5 rings (SSSR count). The van der Waals surface area contributed by atoms with Crippen molar-refractivity contribution in [3.63, 3.8) is 0 Å². The minimum absolute atomic E-state index is 0.00169. The molecule has 0 saturated carbocycles.